The van der Waals surface area contributed by atoms with Crippen molar-refractivity contribution in [3.63, 3.8) is 0 Å². The molecule has 96 valence electrons. The Hall–Kier alpha value is -1.44. The molecule has 17 heavy (non-hydrogen) atoms. The number of aromatic nitrogens is 1. The summed E-state index contributed by atoms with van der Waals surface area (Å²) in [5, 5.41) is 0. The van der Waals surface area contributed by atoms with Gasteiger partial charge in [-0.3, -0.25) is 4.98 Å². The van der Waals surface area contributed by atoms with Crippen LogP contribution in [0.3, 0.4) is 0 Å². The molecular formula is C9H9F5N2O. The van der Waals surface area contributed by atoms with Gasteiger partial charge in [-0.2, -0.15) is 13.2 Å². The van der Waals surface area contributed by atoms with Crippen molar-refractivity contribution in [2.24, 2.45) is 5.73 Å². The second kappa shape index (κ2) is 4.82. The second-order valence-corrected chi connectivity index (χ2v) is 3.06. The van der Waals surface area contributed by atoms with E-state index >= 15 is 0 Å². The lowest BCUT2D eigenvalue weighted by Gasteiger charge is -2.17. The van der Waals surface area contributed by atoms with E-state index in [4.69, 9.17) is 5.73 Å². The normalized spacial score (nSPS) is 12.0. The van der Waals surface area contributed by atoms with Crippen LogP contribution in [-0.4, -0.2) is 12.1 Å². The molecule has 0 aromatic carbocycles. The van der Waals surface area contributed by atoms with E-state index < -0.39 is 41.7 Å². The Balaban J connectivity index is 3.59. The summed E-state index contributed by atoms with van der Waals surface area (Å²) in [6.07, 6.45) is -7.48. The van der Waals surface area contributed by atoms with E-state index in [-0.39, 0.29) is 0 Å². The summed E-state index contributed by atoms with van der Waals surface area (Å²) in [6, 6.07) is 0. The van der Waals surface area contributed by atoms with Crippen LogP contribution in [-0.2, 0) is 12.7 Å². The second-order valence-electron chi connectivity index (χ2n) is 3.06. The number of halogens is 5. The molecule has 0 spiro atoms. The summed E-state index contributed by atoms with van der Waals surface area (Å²) in [6.45, 7) is -0.585. The molecule has 0 aliphatic carbocycles. The monoisotopic (exact) mass is 256 g/mol. The summed E-state index contributed by atoms with van der Waals surface area (Å²) in [4.78, 5) is 3.37. The first-order valence-corrected chi connectivity index (χ1v) is 4.44. The lowest BCUT2D eigenvalue weighted by Crippen LogP contribution is -2.18. The van der Waals surface area contributed by atoms with E-state index in [2.05, 4.69) is 9.72 Å². The first-order valence-electron chi connectivity index (χ1n) is 4.44. The maximum absolute atomic E-state index is 12.7. The summed E-state index contributed by atoms with van der Waals surface area (Å²) in [5.74, 6) is -0.607. The van der Waals surface area contributed by atoms with Crippen LogP contribution in [0.2, 0.25) is 0 Å². The van der Waals surface area contributed by atoms with Crippen molar-refractivity contribution in [1.82, 2.24) is 4.98 Å². The smallest absolute Gasteiger partial charge is 0.418 e. The first-order chi connectivity index (χ1) is 7.82. The molecule has 0 unspecified atom stereocenters. The van der Waals surface area contributed by atoms with Crippen molar-refractivity contribution in [1.29, 1.82) is 0 Å². The number of rotatable bonds is 3. The number of alkyl halides is 5. The molecular weight excluding hydrogens is 247 g/mol. The zero-order chi connectivity index (χ0) is 13.2. The third kappa shape index (κ3) is 2.63. The molecule has 1 heterocycles. The number of nitrogens with two attached hydrogens (primary N) is 1. The SMILES string of the molecule is COc1cnc(CN)c(C(F)(F)F)c1C(F)F. The van der Waals surface area contributed by atoms with Gasteiger partial charge in [-0.1, -0.05) is 0 Å². The minimum Gasteiger partial charge on any atom is -0.495 e. The highest BCUT2D eigenvalue weighted by molar-refractivity contribution is 5.43. The van der Waals surface area contributed by atoms with E-state index in [1.807, 2.05) is 0 Å². The molecule has 1 rings (SSSR count). The van der Waals surface area contributed by atoms with Gasteiger partial charge in [-0.05, 0) is 0 Å². The highest BCUT2D eigenvalue weighted by atomic mass is 19.4. The van der Waals surface area contributed by atoms with Crippen LogP contribution in [0.4, 0.5) is 22.0 Å². The van der Waals surface area contributed by atoms with Gasteiger partial charge < -0.3 is 10.5 Å². The van der Waals surface area contributed by atoms with Crippen LogP contribution in [0.1, 0.15) is 23.2 Å². The van der Waals surface area contributed by atoms with E-state index in [0.29, 0.717) is 0 Å². The Kier molecular flexibility index (Phi) is 3.87. The molecule has 0 bridgehead atoms. The number of hydrogen-bond acceptors (Lipinski definition) is 3. The number of ether oxygens (including phenoxy) is 1. The van der Waals surface area contributed by atoms with Gasteiger partial charge in [-0.25, -0.2) is 8.78 Å². The Morgan fingerprint density at radius 3 is 2.35 bits per heavy atom. The fraction of sp³-hybridized carbons (Fsp3) is 0.444. The molecule has 3 nitrogen and oxygen atoms in total. The minimum absolute atomic E-state index is 0.585. The van der Waals surface area contributed by atoms with Crippen LogP contribution in [0, 0.1) is 0 Å². The summed E-state index contributed by atoms with van der Waals surface area (Å²) < 4.78 is 67.9. The van der Waals surface area contributed by atoms with Gasteiger partial charge in [-0.15, -0.1) is 0 Å². The zero-order valence-corrected chi connectivity index (χ0v) is 8.68. The Morgan fingerprint density at radius 2 is 2.00 bits per heavy atom. The Labute approximate surface area is 93.4 Å². The quantitative estimate of drug-likeness (QED) is 0.845. The van der Waals surface area contributed by atoms with Gasteiger partial charge in [0.15, 0.2) is 0 Å². The maximum atomic E-state index is 12.7. The van der Waals surface area contributed by atoms with Crippen molar-refractivity contribution in [2.45, 2.75) is 19.1 Å². The third-order valence-corrected chi connectivity index (χ3v) is 2.08. The first kappa shape index (κ1) is 13.6. The third-order valence-electron chi connectivity index (χ3n) is 2.08. The molecule has 0 fully saturated rings. The van der Waals surface area contributed by atoms with Crippen molar-refractivity contribution in [3.8, 4) is 5.75 Å². The number of pyridine rings is 1. The fourth-order valence-electron chi connectivity index (χ4n) is 1.40. The van der Waals surface area contributed by atoms with Gasteiger partial charge in [0, 0.05) is 6.54 Å². The van der Waals surface area contributed by atoms with Gasteiger partial charge in [0.05, 0.1) is 30.1 Å². The molecule has 0 saturated carbocycles. The molecule has 0 atom stereocenters. The van der Waals surface area contributed by atoms with Crippen molar-refractivity contribution >= 4 is 0 Å². The molecule has 2 N–H and O–H groups in total. The topological polar surface area (TPSA) is 48.1 Å². The van der Waals surface area contributed by atoms with Crippen LogP contribution in [0.25, 0.3) is 0 Å². The summed E-state index contributed by atoms with van der Waals surface area (Å²) in [5.41, 5.74) is 1.68. The van der Waals surface area contributed by atoms with Crippen LogP contribution in [0.15, 0.2) is 6.20 Å². The van der Waals surface area contributed by atoms with E-state index in [9.17, 15) is 22.0 Å². The highest BCUT2D eigenvalue weighted by Crippen LogP contribution is 2.42. The average Bonchev–Trinajstić information content (AvgIpc) is 2.25. The fourth-order valence-corrected chi connectivity index (χ4v) is 1.40. The Morgan fingerprint density at radius 1 is 1.41 bits per heavy atom. The molecule has 0 amide bonds. The number of hydrogen-bond donors (Lipinski definition) is 1. The van der Waals surface area contributed by atoms with E-state index in [1.165, 1.54) is 0 Å². The van der Waals surface area contributed by atoms with Gasteiger partial charge >= 0.3 is 6.18 Å². The molecule has 8 heteroatoms. The number of methoxy groups -OCH3 is 1. The van der Waals surface area contributed by atoms with Gasteiger partial charge in [0.2, 0.25) is 0 Å². The molecule has 0 aliphatic heterocycles. The van der Waals surface area contributed by atoms with Crippen LogP contribution in [0.5, 0.6) is 5.75 Å². The molecule has 1 aromatic heterocycles. The number of nitrogens with zero attached hydrogens (tertiary/aromatic N) is 1. The molecule has 0 saturated heterocycles. The summed E-state index contributed by atoms with van der Waals surface area (Å²) in [7, 11) is 0.991. The predicted octanol–water partition coefficient (Wildman–Crippen LogP) is 2.51. The lowest BCUT2D eigenvalue weighted by atomic mass is 10.0. The predicted molar refractivity (Wildman–Crippen MR) is 48.6 cm³/mol. The Bertz CT molecular complexity index is 405. The van der Waals surface area contributed by atoms with Gasteiger partial charge in [0.25, 0.3) is 6.43 Å². The van der Waals surface area contributed by atoms with Crippen molar-refractivity contribution in [2.75, 3.05) is 7.11 Å². The lowest BCUT2D eigenvalue weighted by molar-refractivity contribution is -0.140. The molecule has 0 radical (unpaired) electrons. The van der Waals surface area contributed by atoms with Crippen molar-refractivity contribution < 1.29 is 26.7 Å². The minimum atomic E-state index is -4.96. The van der Waals surface area contributed by atoms with E-state index in [1.54, 1.807) is 0 Å². The average molecular weight is 256 g/mol. The zero-order valence-electron chi connectivity index (χ0n) is 8.68. The summed E-state index contributed by atoms with van der Waals surface area (Å²) >= 11 is 0. The molecule has 0 aliphatic rings. The van der Waals surface area contributed by atoms with Crippen LogP contribution >= 0.6 is 0 Å². The van der Waals surface area contributed by atoms with Crippen molar-refractivity contribution in [3.05, 3.63) is 23.0 Å². The van der Waals surface area contributed by atoms with E-state index in [0.717, 1.165) is 13.3 Å². The molecule has 1 aromatic rings. The standard InChI is InChI=1S/C9H9F5N2O/c1-17-5-3-16-4(2-15)7(9(12,13)14)6(5)8(10)11/h3,8H,2,15H2,1H3. The largest absolute Gasteiger partial charge is 0.495 e. The van der Waals surface area contributed by atoms with Crippen LogP contribution < -0.4 is 10.5 Å². The highest BCUT2D eigenvalue weighted by Gasteiger charge is 2.40. The van der Waals surface area contributed by atoms with Gasteiger partial charge in [0.1, 0.15) is 5.75 Å². The maximum Gasteiger partial charge on any atom is 0.418 e.